The molecule has 1 aromatic carbocycles. The first-order valence-electron chi connectivity index (χ1n) is 7.51. The zero-order chi connectivity index (χ0) is 20.1. The van der Waals surface area contributed by atoms with Crippen molar-refractivity contribution in [2.75, 3.05) is 0 Å². The average Bonchev–Trinajstić information content (AvgIpc) is 2.53. The summed E-state index contributed by atoms with van der Waals surface area (Å²) in [6.07, 6.45) is -0.886. The fraction of sp³-hybridized carbons (Fsp3) is 0.533. The molecule has 0 saturated carbocycles. The van der Waals surface area contributed by atoms with E-state index in [1.807, 2.05) is 0 Å². The molecule has 1 amide bonds. The van der Waals surface area contributed by atoms with Crippen LogP contribution in [0.3, 0.4) is 0 Å². The highest BCUT2D eigenvalue weighted by Gasteiger charge is 2.46. The van der Waals surface area contributed by atoms with Gasteiger partial charge in [-0.1, -0.05) is 10.5 Å². The standard InChI is InChI=1S/C15H18F5NO4Si/c1-8(2)23-14(24-9(3)4)25-26-15(18,19)21(20)13(22)10-6-5-7-11(16)12(10)17/h5-9,14H,1-4H3. The predicted molar refractivity (Wildman–Crippen MR) is 81.7 cm³/mol. The molecule has 1 rings (SSSR count). The highest BCUT2D eigenvalue weighted by molar-refractivity contribution is 6.31. The van der Waals surface area contributed by atoms with Crippen molar-refractivity contribution in [3.05, 3.63) is 35.4 Å². The van der Waals surface area contributed by atoms with Gasteiger partial charge in [0.15, 0.2) is 11.6 Å². The molecule has 1 aromatic rings. The number of carbonyl (C=O) groups is 1. The molecule has 11 heteroatoms. The number of rotatable bonds is 9. The van der Waals surface area contributed by atoms with Gasteiger partial charge in [0.1, 0.15) is 0 Å². The lowest BCUT2D eigenvalue weighted by Crippen LogP contribution is -2.47. The highest BCUT2D eigenvalue weighted by atomic mass is 28.2. The molecule has 0 aliphatic rings. The third kappa shape index (κ3) is 6.31. The average molecular weight is 399 g/mol. The van der Waals surface area contributed by atoms with Gasteiger partial charge in [-0.15, -0.1) is 5.12 Å². The van der Waals surface area contributed by atoms with Crippen LogP contribution in [0, 0.1) is 11.6 Å². The predicted octanol–water partition coefficient (Wildman–Crippen LogP) is 3.61. The fourth-order valence-corrected chi connectivity index (χ4v) is 2.12. The number of nitrogens with zero attached hydrogens (tertiary/aromatic N) is 1. The monoisotopic (exact) mass is 399 g/mol. The molecule has 0 fully saturated rings. The van der Waals surface area contributed by atoms with Crippen LogP contribution in [0.2, 0.25) is 0 Å². The summed E-state index contributed by atoms with van der Waals surface area (Å²) < 4.78 is 83.2. The molecule has 0 spiro atoms. The van der Waals surface area contributed by atoms with E-state index in [-0.39, 0.29) is 0 Å². The minimum Gasteiger partial charge on any atom is -0.361 e. The van der Waals surface area contributed by atoms with Gasteiger partial charge in [0, 0.05) is 0 Å². The summed E-state index contributed by atoms with van der Waals surface area (Å²) in [7, 11) is -1.92. The number of alkyl halides is 2. The van der Waals surface area contributed by atoms with Gasteiger partial charge in [0.25, 0.3) is 12.4 Å². The molecule has 0 N–H and O–H groups in total. The molecule has 26 heavy (non-hydrogen) atoms. The van der Waals surface area contributed by atoms with Gasteiger partial charge in [-0.2, -0.15) is 8.78 Å². The Morgan fingerprint density at radius 2 is 1.65 bits per heavy atom. The van der Waals surface area contributed by atoms with Gasteiger partial charge in [-0.05, 0) is 39.8 Å². The second-order valence-electron chi connectivity index (χ2n) is 5.61. The first kappa shape index (κ1) is 22.5. The number of ether oxygens (including phenoxy) is 2. The van der Waals surface area contributed by atoms with E-state index in [0.717, 1.165) is 6.07 Å². The summed E-state index contributed by atoms with van der Waals surface area (Å²) in [5, 5.41) is -1.51. The van der Waals surface area contributed by atoms with Gasteiger partial charge in [0.05, 0.1) is 17.8 Å². The quantitative estimate of drug-likeness (QED) is 0.209. The number of benzene rings is 1. The molecule has 0 atom stereocenters. The van der Waals surface area contributed by atoms with E-state index in [2.05, 4.69) is 0 Å². The third-order valence-corrected chi connectivity index (χ3v) is 3.40. The van der Waals surface area contributed by atoms with Crippen molar-refractivity contribution in [2.24, 2.45) is 0 Å². The van der Waals surface area contributed by atoms with Crippen LogP contribution >= 0.6 is 0 Å². The third-order valence-electron chi connectivity index (χ3n) is 2.65. The number of carbonyl (C=O) groups excluding carboxylic acids is 1. The Kier molecular flexibility index (Phi) is 8.12. The molecule has 146 valence electrons. The molecule has 2 radical (unpaired) electrons. The van der Waals surface area contributed by atoms with Crippen LogP contribution in [0.5, 0.6) is 0 Å². The summed E-state index contributed by atoms with van der Waals surface area (Å²) in [5.41, 5.74) is -5.63. The lowest BCUT2D eigenvalue weighted by Gasteiger charge is -2.26. The molecule has 0 aliphatic heterocycles. The van der Waals surface area contributed by atoms with Crippen LogP contribution in [0.25, 0.3) is 0 Å². The van der Waals surface area contributed by atoms with Crippen LogP contribution in [0.15, 0.2) is 18.2 Å². The maximum Gasteiger partial charge on any atom is 0.359 e. The molecular formula is C15H18F5NO4Si. The molecule has 0 aliphatic carbocycles. The number of amides is 1. The van der Waals surface area contributed by atoms with Crippen LogP contribution in [0.1, 0.15) is 38.1 Å². The topological polar surface area (TPSA) is 48.0 Å². The Hall–Kier alpha value is -1.56. The van der Waals surface area contributed by atoms with Crippen LogP contribution < -0.4 is 0 Å². The SMILES string of the molecule is CC(C)OC(O[Si]C(F)(F)N(F)C(=O)c1cccc(F)c1F)OC(C)C. The van der Waals surface area contributed by atoms with E-state index < -0.39 is 62.3 Å². The maximum atomic E-state index is 13.9. The minimum atomic E-state index is -4.45. The first-order valence-corrected chi connectivity index (χ1v) is 8.42. The molecular weight excluding hydrogens is 381 g/mol. The Morgan fingerprint density at radius 1 is 1.12 bits per heavy atom. The summed E-state index contributed by atoms with van der Waals surface area (Å²) >= 11 is 0. The molecule has 0 unspecified atom stereocenters. The zero-order valence-electron chi connectivity index (χ0n) is 14.4. The number of halogens is 5. The fourth-order valence-electron chi connectivity index (χ4n) is 1.59. The molecule has 0 heterocycles. The Bertz CT molecular complexity index is 608. The van der Waals surface area contributed by atoms with Gasteiger partial charge < -0.3 is 13.9 Å². The van der Waals surface area contributed by atoms with Crippen molar-refractivity contribution in [1.29, 1.82) is 0 Å². The summed E-state index contributed by atoms with van der Waals surface area (Å²) in [6, 6.07) is 2.23. The lowest BCUT2D eigenvalue weighted by molar-refractivity contribution is -0.281. The number of hydrogen-bond acceptors (Lipinski definition) is 4. The van der Waals surface area contributed by atoms with E-state index in [9.17, 15) is 26.8 Å². The van der Waals surface area contributed by atoms with E-state index in [4.69, 9.17) is 13.9 Å². The normalized spacial score (nSPS) is 12.3. The van der Waals surface area contributed by atoms with Crippen LogP contribution in [0.4, 0.5) is 22.0 Å². The van der Waals surface area contributed by atoms with Crippen molar-refractivity contribution < 1.29 is 40.7 Å². The van der Waals surface area contributed by atoms with Gasteiger partial charge >= 0.3 is 15.4 Å². The maximum absolute atomic E-state index is 13.9. The van der Waals surface area contributed by atoms with E-state index in [1.165, 1.54) is 0 Å². The van der Waals surface area contributed by atoms with Crippen LogP contribution in [-0.4, -0.2) is 45.1 Å². The van der Waals surface area contributed by atoms with Crippen LogP contribution in [-0.2, 0) is 13.9 Å². The minimum absolute atomic E-state index is 0.443. The van der Waals surface area contributed by atoms with Crippen molar-refractivity contribution in [2.45, 2.75) is 52.0 Å². The summed E-state index contributed by atoms with van der Waals surface area (Å²) in [4.78, 5) is 11.7. The van der Waals surface area contributed by atoms with Crippen molar-refractivity contribution in [1.82, 2.24) is 5.12 Å². The molecule has 0 bridgehead atoms. The molecule has 5 nitrogen and oxygen atoms in total. The van der Waals surface area contributed by atoms with Crippen molar-refractivity contribution in [3.63, 3.8) is 0 Å². The Labute approximate surface area is 149 Å². The van der Waals surface area contributed by atoms with Crippen molar-refractivity contribution >= 4 is 15.7 Å². The van der Waals surface area contributed by atoms with Gasteiger partial charge in [-0.25, -0.2) is 8.78 Å². The van der Waals surface area contributed by atoms with Gasteiger partial charge in [0.2, 0.25) is 0 Å². The zero-order valence-corrected chi connectivity index (χ0v) is 15.4. The van der Waals surface area contributed by atoms with E-state index in [0.29, 0.717) is 12.1 Å². The first-order chi connectivity index (χ1) is 12.0. The Morgan fingerprint density at radius 3 is 2.15 bits per heavy atom. The summed E-state index contributed by atoms with van der Waals surface area (Å²) in [5.74, 6) is -5.25. The molecule has 0 aromatic heterocycles. The highest BCUT2D eigenvalue weighted by Crippen LogP contribution is 2.24. The number of hydrogen-bond donors (Lipinski definition) is 0. The van der Waals surface area contributed by atoms with Crippen molar-refractivity contribution in [3.8, 4) is 0 Å². The summed E-state index contributed by atoms with van der Waals surface area (Å²) in [6.45, 7) is 4.87. The van der Waals surface area contributed by atoms with E-state index in [1.54, 1.807) is 27.7 Å². The van der Waals surface area contributed by atoms with Gasteiger partial charge in [-0.3, -0.25) is 4.79 Å². The van der Waals surface area contributed by atoms with E-state index >= 15 is 0 Å². The molecule has 0 saturated heterocycles. The lowest BCUT2D eigenvalue weighted by atomic mass is 10.2. The smallest absolute Gasteiger partial charge is 0.359 e. The second kappa shape index (κ2) is 9.40. The largest absolute Gasteiger partial charge is 0.361 e. The second-order valence-corrected chi connectivity index (χ2v) is 6.65. The Balaban J connectivity index is 2.84.